The molecular formula is C14H12BrNO4S. The molecule has 1 aromatic heterocycles. The first-order valence-electron chi connectivity index (χ1n) is 5.91. The maximum absolute atomic E-state index is 12.2. The maximum Gasteiger partial charge on any atom is 0.346 e. The molecule has 0 aliphatic carbocycles. The van der Waals surface area contributed by atoms with E-state index in [2.05, 4.69) is 21.2 Å². The number of thiophene rings is 1. The number of ether oxygens (including phenoxy) is 1. The molecule has 0 aliphatic heterocycles. The van der Waals surface area contributed by atoms with Gasteiger partial charge in [-0.05, 0) is 36.8 Å². The highest BCUT2D eigenvalue weighted by Gasteiger charge is 2.16. The van der Waals surface area contributed by atoms with Gasteiger partial charge in [0.15, 0.2) is 0 Å². The lowest BCUT2D eigenvalue weighted by Crippen LogP contribution is -2.12. The summed E-state index contributed by atoms with van der Waals surface area (Å²) < 4.78 is 5.97. The van der Waals surface area contributed by atoms with Crippen LogP contribution in [0, 0.1) is 6.92 Å². The number of rotatable bonds is 4. The predicted molar refractivity (Wildman–Crippen MR) is 84.7 cm³/mol. The van der Waals surface area contributed by atoms with Gasteiger partial charge in [-0.15, -0.1) is 11.3 Å². The molecule has 110 valence electrons. The first-order valence-corrected chi connectivity index (χ1v) is 7.52. The van der Waals surface area contributed by atoms with Crippen molar-refractivity contribution in [3.05, 3.63) is 44.7 Å². The average Bonchev–Trinajstić information content (AvgIpc) is 2.79. The summed E-state index contributed by atoms with van der Waals surface area (Å²) in [5, 5.41) is 12.2. The minimum absolute atomic E-state index is 0.216. The zero-order chi connectivity index (χ0) is 15.6. The van der Waals surface area contributed by atoms with Crippen LogP contribution in [0.2, 0.25) is 0 Å². The third-order valence-electron chi connectivity index (χ3n) is 2.76. The molecule has 0 unspecified atom stereocenters. The van der Waals surface area contributed by atoms with E-state index in [9.17, 15) is 9.59 Å². The number of carboxylic acid groups (broad SMARTS) is 1. The third-order valence-corrected chi connectivity index (χ3v) is 4.39. The van der Waals surface area contributed by atoms with Gasteiger partial charge in [0.25, 0.3) is 5.91 Å². The van der Waals surface area contributed by atoms with E-state index < -0.39 is 5.97 Å². The summed E-state index contributed by atoms with van der Waals surface area (Å²) in [6, 6.07) is 6.70. The van der Waals surface area contributed by atoms with Crippen LogP contribution in [-0.2, 0) is 0 Å². The molecule has 0 bridgehead atoms. The first-order chi connectivity index (χ1) is 9.92. The molecule has 0 fully saturated rings. The standard InChI is InChI=1S/C14H12BrNO4S/c1-7-5-11(21-12(7)14(18)19)16-13(17)9-4-3-8(15)6-10(9)20-2/h3-6H,1-2H3,(H,16,17)(H,18,19). The van der Waals surface area contributed by atoms with Crippen LogP contribution in [0.15, 0.2) is 28.7 Å². The Morgan fingerprint density at radius 1 is 1.33 bits per heavy atom. The summed E-state index contributed by atoms with van der Waals surface area (Å²) in [5.74, 6) is -0.912. The number of carbonyl (C=O) groups is 2. The number of hydrogen-bond donors (Lipinski definition) is 2. The number of anilines is 1. The molecule has 7 heteroatoms. The number of aryl methyl sites for hydroxylation is 1. The van der Waals surface area contributed by atoms with Crippen molar-refractivity contribution >= 4 is 44.1 Å². The molecule has 1 amide bonds. The number of carboxylic acids is 1. The molecule has 0 radical (unpaired) electrons. The maximum atomic E-state index is 12.2. The van der Waals surface area contributed by atoms with Gasteiger partial charge in [-0.1, -0.05) is 15.9 Å². The summed E-state index contributed by atoms with van der Waals surface area (Å²) in [7, 11) is 1.48. The van der Waals surface area contributed by atoms with Crippen molar-refractivity contribution in [3.8, 4) is 5.75 Å². The Hall–Kier alpha value is -1.86. The molecule has 2 N–H and O–H groups in total. The van der Waals surface area contributed by atoms with Crippen LogP contribution in [0.4, 0.5) is 5.00 Å². The Kier molecular flexibility index (Phi) is 4.64. The Morgan fingerprint density at radius 2 is 2.05 bits per heavy atom. The van der Waals surface area contributed by atoms with Crippen LogP contribution in [0.1, 0.15) is 25.6 Å². The Labute approximate surface area is 133 Å². The van der Waals surface area contributed by atoms with E-state index >= 15 is 0 Å². The lowest BCUT2D eigenvalue weighted by molar-refractivity contribution is 0.0701. The van der Waals surface area contributed by atoms with Crippen molar-refractivity contribution in [1.82, 2.24) is 0 Å². The molecular weight excluding hydrogens is 358 g/mol. The number of amides is 1. The van der Waals surface area contributed by atoms with E-state index in [1.807, 2.05) is 0 Å². The van der Waals surface area contributed by atoms with Crippen molar-refractivity contribution in [2.45, 2.75) is 6.92 Å². The highest BCUT2D eigenvalue weighted by molar-refractivity contribution is 9.10. The number of aromatic carboxylic acids is 1. The van der Waals surface area contributed by atoms with Crippen LogP contribution in [0.25, 0.3) is 0 Å². The van der Waals surface area contributed by atoms with Gasteiger partial charge in [-0.25, -0.2) is 4.79 Å². The smallest absolute Gasteiger partial charge is 0.346 e. The van der Waals surface area contributed by atoms with Crippen molar-refractivity contribution in [2.24, 2.45) is 0 Å². The SMILES string of the molecule is COc1cc(Br)ccc1C(=O)Nc1cc(C)c(C(=O)O)s1. The molecule has 0 atom stereocenters. The molecule has 0 spiro atoms. The van der Waals surface area contributed by atoms with Gasteiger partial charge >= 0.3 is 5.97 Å². The molecule has 21 heavy (non-hydrogen) atoms. The Morgan fingerprint density at radius 3 is 2.62 bits per heavy atom. The summed E-state index contributed by atoms with van der Waals surface area (Å²) in [6.07, 6.45) is 0. The average molecular weight is 370 g/mol. The van der Waals surface area contributed by atoms with Crippen LogP contribution < -0.4 is 10.1 Å². The number of carbonyl (C=O) groups excluding carboxylic acids is 1. The zero-order valence-corrected chi connectivity index (χ0v) is 13.7. The van der Waals surface area contributed by atoms with Gasteiger partial charge in [0.1, 0.15) is 10.6 Å². The molecule has 2 rings (SSSR count). The van der Waals surface area contributed by atoms with Crippen LogP contribution in [-0.4, -0.2) is 24.1 Å². The molecule has 0 aliphatic rings. The van der Waals surface area contributed by atoms with Gasteiger partial charge in [0, 0.05) is 4.47 Å². The minimum atomic E-state index is -1.00. The molecule has 2 aromatic rings. The minimum Gasteiger partial charge on any atom is -0.496 e. The molecule has 0 saturated heterocycles. The number of benzene rings is 1. The van der Waals surface area contributed by atoms with Crippen LogP contribution >= 0.6 is 27.3 Å². The normalized spacial score (nSPS) is 10.2. The summed E-state index contributed by atoms with van der Waals surface area (Å²) in [4.78, 5) is 23.5. The third kappa shape index (κ3) is 3.43. The number of methoxy groups -OCH3 is 1. The highest BCUT2D eigenvalue weighted by atomic mass is 79.9. The van der Waals surface area contributed by atoms with E-state index in [1.54, 1.807) is 31.2 Å². The number of halogens is 1. The van der Waals surface area contributed by atoms with E-state index in [0.29, 0.717) is 21.9 Å². The van der Waals surface area contributed by atoms with E-state index in [-0.39, 0.29) is 10.8 Å². The monoisotopic (exact) mass is 369 g/mol. The quantitative estimate of drug-likeness (QED) is 0.859. The van der Waals surface area contributed by atoms with Crippen molar-refractivity contribution in [1.29, 1.82) is 0 Å². The fourth-order valence-corrected chi connectivity index (χ4v) is 3.03. The zero-order valence-electron chi connectivity index (χ0n) is 11.3. The fraction of sp³-hybridized carbons (Fsp3) is 0.143. The van der Waals surface area contributed by atoms with E-state index in [0.717, 1.165) is 15.8 Å². The second-order valence-electron chi connectivity index (χ2n) is 4.23. The largest absolute Gasteiger partial charge is 0.496 e. The topological polar surface area (TPSA) is 75.6 Å². The predicted octanol–water partition coefficient (Wildman–Crippen LogP) is 3.78. The summed E-state index contributed by atoms with van der Waals surface area (Å²) in [6.45, 7) is 1.69. The first kappa shape index (κ1) is 15.5. The highest BCUT2D eigenvalue weighted by Crippen LogP contribution is 2.29. The van der Waals surface area contributed by atoms with Crippen molar-refractivity contribution in [3.63, 3.8) is 0 Å². The van der Waals surface area contributed by atoms with Gasteiger partial charge in [0.05, 0.1) is 17.7 Å². The van der Waals surface area contributed by atoms with E-state index in [4.69, 9.17) is 9.84 Å². The molecule has 1 aromatic carbocycles. The number of nitrogens with one attached hydrogen (secondary N) is 1. The van der Waals surface area contributed by atoms with Crippen molar-refractivity contribution < 1.29 is 19.4 Å². The van der Waals surface area contributed by atoms with E-state index in [1.165, 1.54) is 7.11 Å². The second kappa shape index (κ2) is 6.28. The lowest BCUT2D eigenvalue weighted by atomic mass is 10.2. The van der Waals surface area contributed by atoms with Gasteiger partial charge in [-0.3, -0.25) is 4.79 Å². The Bertz CT molecular complexity index is 711. The molecule has 5 nitrogen and oxygen atoms in total. The Balaban J connectivity index is 2.26. The van der Waals surface area contributed by atoms with Crippen molar-refractivity contribution in [2.75, 3.05) is 12.4 Å². The van der Waals surface area contributed by atoms with Gasteiger partial charge < -0.3 is 15.2 Å². The summed E-state index contributed by atoms with van der Waals surface area (Å²) >= 11 is 4.33. The van der Waals surface area contributed by atoms with Crippen LogP contribution in [0.5, 0.6) is 5.75 Å². The van der Waals surface area contributed by atoms with Gasteiger partial charge in [0.2, 0.25) is 0 Å². The molecule has 1 heterocycles. The number of hydrogen-bond acceptors (Lipinski definition) is 4. The second-order valence-corrected chi connectivity index (χ2v) is 6.19. The van der Waals surface area contributed by atoms with Crippen LogP contribution in [0.3, 0.4) is 0 Å². The lowest BCUT2D eigenvalue weighted by Gasteiger charge is -2.08. The fourth-order valence-electron chi connectivity index (χ4n) is 1.79. The summed E-state index contributed by atoms with van der Waals surface area (Å²) in [5.41, 5.74) is 0.995. The van der Waals surface area contributed by atoms with Gasteiger partial charge in [-0.2, -0.15) is 0 Å². The molecule has 0 saturated carbocycles.